The summed E-state index contributed by atoms with van der Waals surface area (Å²) in [5, 5.41) is 9.72. The zero-order valence-corrected chi connectivity index (χ0v) is 11.6. The van der Waals surface area contributed by atoms with Gasteiger partial charge in [-0.05, 0) is 37.2 Å². The number of aliphatic hydroxyl groups excluding tert-OH is 1. The molecule has 0 spiro atoms. The topological polar surface area (TPSA) is 49.8 Å². The molecule has 4 heteroatoms. The summed E-state index contributed by atoms with van der Waals surface area (Å²) in [5.41, 5.74) is 0.615. The number of ether oxygens (including phenoxy) is 1. The summed E-state index contributed by atoms with van der Waals surface area (Å²) in [6.07, 6.45) is 3.74. The number of benzene rings is 1. The summed E-state index contributed by atoms with van der Waals surface area (Å²) in [6.45, 7) is 1.07. The van der Waals surface area contributed by atoms with E-state index >= 15 is 0 Å². The SMILES string of the molecule is O=C(OCc1ccccc1)N1CC2CCC1(CO)CC2. The molecule has 108 valence electrons. The van der Waals surface area contributed by atoms with Gasteiger partial charge >= 0.3 is 6.09 Å². The Kier molecular flexibility index (Phi) is 3.66. The van der Waals surface area contributed by atoms with Gasteiger partial charge in [0, 0.05) is 6.54 Å². The predicted octanol–water partition coefficient (Wildman–Crippen LogP) is 2.56. The van der Waals surface area contributed by atoms with Crippen molar-refractivity contribution in [3.8, 4) is 0 Å². The van der Waals surface area contributed by atoms with Crippen molar-refractivity contribution < 1.29 is 14.6 Å². The van der Waals surface area contributed by atoms with Crippen molar-refractivity contribution in [2.24, 2.45) is 5.92 Å². The minimum absolute atomic E-state index is 0.0418. The van der Waals surface area contributed by atoms with Crippen LogP contribution in [0.3, 0.4) is 0 Å². The third-order valence-corrected chi connectivity index (χ3v) is 4.77. The number of fused-ring (bicyclic) bond motifs is 3. The Labute approximate surface area is 119 Å². The number of carbonyl (C=O) groups excluding carboxylic acids is 1. The zero-order chi connectivity index (χ0) is 14.0. The van der Waals surface area contributed by atoms with Crippen LogP contribution in [-0.2, 0) is 11.3 Å². The van der Waals surface area contributed by atoms with Crippen LogP contribution in [0.25, 0.3) is 0 Å². The molecule has 3 aliphatic rings. The van der Waals surface area contributed by atoms with E-state index in [0.717, 1.165) is 37.8 Å². The molecule has 2 bridgehead atoms. The maximum Gasteiger partial charge on any atom is 0.410 e. The minimum atomic E-state index is -0.372. The number of aliphatic hydroxyl groups is 1. The van der Waals surface area contributed by atoms with Gasteiger partial charge in [0.15, 0.2) is 0 Å². The summed E-state index contributed by atoms with van der Waals surface area (Å²) in [6, 6.07) is 9.69. The molecule has 0 aromatic heterocycles. The van der Waals surface area contributed by atoms with E-state index in [1.54, 1.807) is 4.90 Å². The van der Waals surface area contributed by atoms with Gasteiger partial charge in [-0.25, -0.2) is 4.79 Å². The third kappa shape index (κ3) is 2.40. The van der Waals surface area contributed by atoms with Gasteiger partial charge in [-0.2, -0.15) is 0 Å². The fourth-order valence-electron chi connectivity index (χ4n) is 3.43. The molecule has 1 amide bonds. The van der Waals surface area contributed by atoms with Crippen LogP contribution in [-0.4, -0.2) is 34.8 Å². The van der Waals surface area contributed by atoms with E-state index in [1.165, 1.54) is 0 Å². The Morgan fingerprint density at radius 1 is 1.30 bits per heavy atom. The second-order valence-electron chi connectivity index (χ2n) is 5.98. The Hall–Kier alpha value is -1.55. The molecule has 3 fully saturated rings. The van der Waals surface area contributed by atoms with Crippen molar-refractivity contribution in [3.05, 3.63) is 35.9 Å². The van der Waals surface area contributed by atoms with E-state index in [0.29, 0.717) is 12.5 Å². The number of rotatable bonds is 3. The molecule has 1 aromatic carbocycles. The highest BCUT2D eigenvalue weighted by Crippen LogP contribution is 2.43. The van der Waals surface area contributed by atoms with Crippen molar-refractivity contribution in [2.75, 3.05) is 13.2 Å². The van der Waals surface area contributed by atoms with E-state index in [9.17, 15) is 9.90 Å². The lowest BCUT2D eigenvalue weighted by Crippen LogP contribution is -2.62. The Bertz CT molecular complexity index is 466. The molecule has 0 unspecified atom stereocenters. The summed E-state index contributed by atoms with van der Waals surface area (Å²) < 4.78 is 5.42. The molecule has 20 heavy (non-hydrogen) atoms. The Morgan fingerprint density at radius 3 is 2.65 bits per heavy atom. The van der Waals surface area contributed by atoms with Crippen molar-refractivity contribution >= 4 is 6.09 Å². The minimum Gasteiger partial charge on any atom is -0.445 e. The molecule has 1 saturated carbocycles. The van der Waals surface area contributed by atoms with Crippen LogP contribution in [0.15, 0.2) is 30.3 Å². The Balaban J connectivity index is 1.65. The van der Waals surface area contributed by atoms with Crippen LogP contribution < -0.4 is 0 Å². The zero-order valence-electron chi connectivity index (χ0n) is 11.6. The largest absolute Gasteiger partial charge is 0.445 e. The molecule has 4 nitrogen and oxygen atoms in total. The molecule has 0 atom stereocenters. The van der Waals surface area contributed by atoms with E-state index in [4.69, 9.17) is 4.74 Å². The van der Waals surface area contributed by atoms with Crippen molar-refractivity contribution in [1.29, 1.82) is 0 Å². The number of hydrogen-bond acceptors (Lipinski definition) is 3. The normalized spacial score (nSPS) is 28.4. The standard InChI is InChI=1S/C16H21NO3/c18-12-16-8-6-13(7-9-16)10-17(16)15(19)20-11-14-4-2-1-3-5-14/h1-5,13,18H,6-12H2. The average Bonchev–Trinajstić information content (AvgIpc) is 2.54. The highest BCUT2D eigenvalue weighted by Gasteiger charge is 2.48. The smallest absolute Gasteiger partial charge is 0.410 e. The molecule has 2 aliphatic heterocycles. The van der Waals surface area contributed by atoms with Crippen LogP contribution in [0.1, 0.15) is 31.2 Å². The number of nitrogens with zero attached hydrogens (tertiary/aromatic N) is 1. The van der Waals surface area contributed by atoms with Gasteiger partial charge in [0.2, 0.25) is 0 Å². The van der Waals surface area contributed by atoms with Gasteiger partial charge < -0.3 is 9.84 Å². The van der Waals surface area contributed by atoms with Crippen molar-refractivity contribution in [1.82, 2.24) is 4.90 Å². The van der Waals surface area contributed by atoms with Gasteiger partial charge in [0.1, 0.15) is 6.61 Å². The summed E-state index contributed by atoms with van der Waals surface area (Å²) in [5.74, 6) is 0.577. The maximum atomic E-state index is 12.3. The van der Waals surface area contributed by atoms with Gasteiger partial charge in [0.05, 0.1) is 12.1 Å². The fourth-order valence-corrected chi connectivity index (χ4v) is 3.43. The van der Waals surface area contributed by atoms with Gasteiger partial charge in [-0.1, -0.05) is 30.3 Å². The number of hydrogen-bond donors (Lipinski definition) is 1. The molecule has 1 N–H and O–H groups in total. The number of carbonyl (C=O) groups is 1. The van der Waals surface area contributed by atoms with E-state index in [-0.39, 0.29) is 18.2 Å². The fraction of sp³-hybridized carbons (Fsp3) is 0.562. The first-order valence-electron chi connectivity index (χ1n) is 7.33. The predicted molar refractivity (Wildman–Crippen MR) is 75.1 cm³/mol. The first-order valence-corrected chi connectivity index (χ1v) is 7.33. The number of piperidine rings is 2. The van der Waals surface area contributed by atoms with Crippen molar-refractivity contribution in [3.63, 3.8) is 0 Å². The van der Waals surface area contributed by atoms with Crippen molar-refractivity contribution in [2.45, 2.75) is 37.8 Å². The molecular weight excluding hydrogens is 254 g/mol. The molecule has 1 aromatic rings. The molecule has 2 heterocycles. The van der Waals surface area contributed by atoms with Gasteiger partial charge in [0.25, 0.3) is 0 Å². The second kappa shape index (κ2) is 5.44. The third-order valence-electron chi connectivity index (χ3n) is 4.77. The number of amides is 1. The Morgan fingerprint density at radius 2 is 2.00 bits per heavy atom. The van der Waals surface area contributed by atoms with Gasteiger partial charge in [-0.3, -0.25) is 4.90 Å². The monoisotopic (exact) mass is 275 g/mol. The quantitative estimate of drug-likeness (QED) is 0.922. The van der Waals surface area contributed by atoms with Crippen LogP contribution >= 0.6 is 0 Å². The lowest BCUT2D eigenvalue weighted by molar-refractivity contribution is -0.0588. The highest BCUT2D eigenvalue weighted by molar-refractivity contribution is 5.69. The van der Waals surface area contributed by atoms with E-state index in [2.05, 4.69) is 0 Å². The second-order valence-corrected chi connectivity index (χ2v) is 5.98. The summed E-state index contributed by atoms with van der Waals surface area (Å²) >= 11 is 0. The first kappa shape index (κ1) is 13.4. The molecule has 4 rings (SSSR count). The highest BCUT2D eigenvalue weighted by atomic mass is 16.6. The lowest BCUT2D eigenvalue weighted by Gasteiger charge is -2.53. The molecular formula is C16H21NO3. The molecule has 2 saturated heterocycles. The van der Waals surface area contributed by atoms with Crippen LogP contribution in [0, 0.1) is 5.92 Å². The first-order chi connectivity index (χ1) is 9.73. The van der Waals surface area contributed by atoms with Crippen LogP contribution in [0.4, 0.5) is 4.79 Å². The van der Waals surface area contributed by atoms with Crippen LogP contribution in [0.5, 0.6) is 0 Å². The lowest BCUT2D eigenvalue weighted by atomic mass is 9.71. The van der Waals surface area contributed by atoms with Crippen LogP contribution in [0.2, 0.25) is 0 Å². The van der Waals surface area contributed by atoms with E-state index in [1.807, 2.05) is 30.3 Å². The van der Waals surface area contributed by atoms with Gasteiger partial charge in [-0.15, -0.1) is 0 Å². The molecule has 0 radical (unpaired) electrons. The molecule has 1 aliphatic carbocycles. The maximum absolute atomic E-state index is 12.3. The summed E-state index contributed by atoms with van der Waals surface area (Å²) in [4.78, 5) is 14.1. The summed E-state index contributed by atoms with van der Waals surface area (Å²) in [7, 11) is 0. The van der Waals surface area contributed by atoms with E-state index < -0.39 is 0 Å². The average molecular weight is 275 g/mol.